The van der Waals surface area contributed by atoms with Crippen molar-refractivity contribution < 1.29 is 17.9 Å². The third kappa shape index (κ3) is 5.22. The number of ether oxygens (including phenoxy) is 1. The van der Waals surface area contributed by atoms with Crippen LogP contribution >= 0.6 is 22.9 Å². The molecule has 0 aliphatic heterocycles. The maximum Gasteiger partial charge on any atom is 0.253 e. The van der Waals surface area contributed by atoms with Crippen LogP contribution in [0.25, 0.3) is 10.9 Å². The van der Waals surface area contributed by atoms with E-state index in [0.29, 0.717) is 46.4 Å². The summed E-state index contributed by atoms with van der Waals surface area (Å²) in [5, 5.41) is 5.34. The van der Waals surface area contributed by atoms with E-state index in [1.807, 2.05) is 50.2 Å². The lowest BCUT2D eigenvalue weighted by Crippen LogP contribution is -2.30. The number of fused-ring (bicyclic) bond motifs is 1. The van der Waals surface area contributed by atoms with Gasteiger partial charge in [0.1, 0.15) is 15.7 Å². The van der Waals surface area contributed by atoms with E-state index in [-0.39, 0.29) is 15.9 Å². The predicted molar refractivity (Wildman–Crippen MR) is 139 cm³/mol. The second-order valence-corrected chi connectivity index (χ2v) is 11.9. The van der Waals surface area contributed by atoms with Crippen molar-refractivity contribution in [3.63, 3.8) is 0 Å². The van der Waals surface area contributed by atoms with Gasteiger partial charge in [-0.25, -0.2) is 8.42 Å². The van der Waals surface area contributed by atoms with Crippen molar-refractivity contribution >= 4 is 49.6 Å². The van der Waals surface area contributed by atoms with E-state index in [1.165, 1.54) is 6.07 Å². The maximum atomic E-state index is 13.1. The van der Waals surface area contributed by atoms with E-state index in [4.69, 9.17) is 16.3 Å². The van der Waals surface area contributed by atoms with Crippen LogP contribution in [0.4, 0.5) is 0 Å². The fourth-order valence-electron chi connectivity index (χ4n) is 4.00. The number of thiophene rings is 1. The molecule has 10 heteroatoms. The fraction of sp³-hybridized carbons (Fsp3) is 0.280. The lowest BCUT2D eigenvalue weighted by Gasteiger charge is -2.18. The van der Waals surface area contributed by atoms with Crippen LogP contribution in [-0.4, -0.2) is 49.2 Å². The number of nitrogens with zero attached hydrogens (tertiary/aromatic N) is 3. The van der Waals surface area contributed by atoms with Gasteiger partial charge < -0.3 is 9.64 Å². The molecule has 0 N–H and O–H groups in total. The summed E-state index contributed by atoms with van der Waals surface area (Å²) >= 11 is 6.99. The Bertz CT molecular complexity index is 1460. The lowest BCUT2D eigenvalue weighted by atomic mass is 10.1. The number of hydrogen-bond donors (Lipinski definition) is 0. The molecule has 2 heterocycles. The monoisotopic (exact) mass is 531 g/mol. The average Bonchev–Trinajstić information content (AvgIpc) is 3.44. The van der Waals surface area contributed by atoms with Crippen LogP contribution in [0.2, 0.25) is 4.34 Å². The highest BCUT2D eigenvalue weighted by Crippen LogP contribution is 2.33. The molecule has 184 valence electrons. The molecular formula is C25H26ClN3O4S2. The summed E-state index contributed by atoms with van der Waals surface area (Å²) in [4.78, 5) is 14.4. The molecule has 0 saturated carbocycles. The molecular weight excluding hydrogens is 506 g/mol. The molecule has 0 aliphatic carbocycles. The minimum atomic E-state index is -3.64. The van der Waals surface area contributed by atoms with Crippen LogP contribution < -0.4 is 4.74 Å². The zero-order valence-electron chi connectivity index (χ0n) is 19.7. The Hall–Kier alpha value is -2.88. The van der Waals surface area contributed by atoms with Gasteiger partial charge in [0.05, 0.1) is 34.6 Å². The Morgan fingerprint density at radius 3 is 2.40 bits per heavy atom. The zero-order valence-corrected chi connectivity index (χ0v) is 22.1. The van der Waals surface area contributed by atoms with Gasteiger partial charge in [-0.2, -0.15) is 5.10 Å². The Balaban J connectivity index is 1.68. The number of halogens is 1. The van der Waals surface area contributed by atoms with Gasteiger partial charge in [-0.15, -0.1) is 11.3 Å². The molecule has 0 aliphatic rings. The highest BCUT2D eigenvalue weighted by Gasteiger charge is 2.24. The molecule has 1 amide bonds. The fourth-order valence-corrected chi connectivity index (χ4v) is 6.85. The largest absolute Gasteiger partial charge is 0.496 e. The molecule has 35 heavy (non-hydrogen) atoms. The Labute approximate surface area is 213 Å². The number of aromatic nitrogens is 2. The SMILES string of the molecule is CCN(CC)C(=O)c1ccc(Cn2nc(CS(=O)(=O)c3ccc(Cl)s3)c3c(OC)cccc32)cc1. The van der Waals surface area contributed by atoms with Crippen LogP contribution in [0, 0.1) is 0 Å². The minimum Gasteiger partial charge on any atom is -0.496 e. The van der Waals surface area contributed by atoms with E-state index >= 15 is 0 Å². The summed E-state index contributed by atoms with van der Waals surface area (Å²) < 4.78 is 34.0. The number of hydrogen-bond acceptors (Lipinski definition) is 6. The van der Waals surface area contributed by atoms with Crippen molar-refractivity contribution in [3.8, 4) is 5.75 Å². The first-order chi connectivity index (χ1) is 16.8. The van der Waals surface area contributed by atoms with Gasteiger partial charge >= 0.3 is 0 Å². The highest BCUT2D eigenvalue weighted by atomic mass is 35.5. The highest BCUT2D eigenvalue weighted by molar-refractivity contribution is 7.92. The molecule has 0 fully saturated rings. The maximum absolute atomic E-state index is 13.1. The van der Waals surface area contributed by atoms with Gasteiger partial charge in [0.25, 0.3) is 5.91 Å². The second kappa shape index (κ2) is 10.4. The first kappa shape index (κ1) is 25.2. The standard InChI is InChI=1S/C25H26ClN3O4S2/c1-4-28(5-2)25(30)18-11-9-17(10-12-18)15-29-20-7-6-8-21(33-3)24(20)19(27-29)16-35(31,32)23-14-13-22(26)34-23/h6-14H,4-5,15-16H2,1-3H3. The van der Waals surface area contributed by atoms with Gasteiger partial charge in [0, 0.05) is 18.7 Å². The van der Waals surface area contributed by atoms with Crippen molar-refractivity contribution in [1.82, 2.24) is 14.7 Å². The number of amides is 1. The van der Waals surface area contributed by atoms with Crippen molar-refractivity contribution in [2.45, 2.75) is 30.4 Å². The zero-order chi connectivity index (χ0) is 25.2. The third-order valence-electron chi connectivity index (χ3n) is 5.80. The van der Waals surface area contributed by atoms with Gasteiger partial charge in [-0.3, -0.25) is 9.48 Å². The molecule has 0 bridgehead atoms. The molecule has 2 aromatic carbocycles. The molecule has 7 nitrogen and oxygen atoms in total. The number of carbonyl (C=O) groups excluding carboxylic acids is 1. The van der Waals surface area contributed by atoms with E-state index < -0.39 is 9.84 Å². The molecule has 2 aromatic heterocycles. The Morgan fingerprint density at radius 1 is 1.09 bits per heavy atom. The molecule has 0 spiro atoms. The quantitative estimate of drug-likeness (QED) is 0.294. The van der Waals surface area contributed by atoms with Gasteiger partial charge in [-0.1, -0.05) is 29.8 Å². The number of benzene rings is 2. The van der Waals surface area contributed by atoms with Gasteiger partial charge in [0.15, 0.2) is 9.84 Å². The summed E-state index contributed by atoms with van der Waals surface area (Å²) in [5.74, 6) is 0.283. The number of rotatable bonds is 9. The molecule has 4 aromatic rings. The summed E-state index contributed by atoms with van der Waals surface area (Å²) in [6, 6.07) is 16.0. The Kier molecular flexibility index (Phi) is 7.49. The summed E-state index contributed by atoms with van der Waals surface area (Å²) in [7, 11) is -2.09. The van der Waals surface area contributed by atoms with Crippen LogP contribution in [-0.2, 0) is 22.1 Å². The normalized spacial score (nSPS) is 11.7. The smallest absolute Gasteiger partial charge is 0.253 e. The molecule has 0 saturated heterocycles. The van der Waals surface area contributed by atoms with Crippen molar-refractivity contribution in [1.29, 1.82) is 0 Å². The van der Waals surface area contributed by atoms with E-state index in [2.05, 4.69) is 5.10 Å². The molecule has 0 atom stereocenters. The Morgan fingerprint density at radius 2 is 1.80 bits per heavy atom. The van der Waals surface area contributed by atoms with Crippen molar-refractivity contribution in [2.75, 3.05) is 20.2 Å². The average molecular weight is 532 g/mol. The third-order valence-corrected chi connectivity index (χ3v) is 9.24. The minimum absolute atomic E-state index is 0.00278. The summed E-state index contributed by atoms with van der Waals surface area (Å²) in [6.45, 7) is 5.63. The van der Waals surface area contributed by atoms with Crippen LogP contribution in [0.1, 0.15) is 35.5 Å². The summed E-state index contributed by atoms with van der Waals surface area (Å²) in [5.41, 5.74) is 2.75. The molecule has 4 rings (SSSR count). The lowest BCUT2D eigenvalue weighted by molar-refractivity contribution is 0.0773. The predicted octanol–water partition coefficient (Wildman–Crippen LogP) is 5.26. The van der Waals surface area contributed by atoms with E-state index in [9.17, 15) is 13.2 Å². The first-order valence-electron chi connectivity index (χ1n) is 11.2. The molecule has 0 radical (unpaired) electrons. The van der Waals surface area contributed by atoms with E-state index in [0.717, 1.165) is 22.4 Å². The van der Waals surface area contributed by atoms with Crippen molar-refractivity contribution in [3.05, 3.63) is 75.8 Å². The van der Waals surface area contributed by atoms with Gasteiger partial charge in [-0.05, 0) is 55.8 Å². The summed E-state index contributed by atoms with van der Waals surface area (Å²) in [6.07, 6.45) is 0. The van der Waals surface area contributed by atoms with E-state index in [1.54, 1.807) is 28.8 Å². The van der Waals surface area contributed by atoms with Crippen molar-refractivity contribution in [2.24, 2.45) is 0 Å². The molecule has 0 unspecified atom stereocenters. The van der Waals surface area contributed by atoms with Gasteiger partial charge in [0.2, 0.25) is 0 Å². The number of sulfone groups is 1. The van der Waals surface area contributed by atoms with Crippen LogP contribution in [0.15, 0.2) is 58.8 Å². The first-order valence-corrected chi connectivity index (χ1v) is 14.0. The number of methoxy groups -OCH3 is 1. The topological polar surface area (TPSA) is 81.5 Å². The van der Waals surface area contributed by atoms with Crippen LogP contribution in [0.5, 0.6) is 5.75 Å². The second-order valence-electron chi connectivity index (χ2n) is 7.95. The number of carbonyl (C=O) groups is 1. The van der Waals surface area contributed by atoms with Crippen LogP contribution in [0.3, 0.4) is 0 Å².